The number of rotatable bonds is 7. The summed E-state index contributed by atoms with van der Waals surface area (Å²) in [6.45, 7) is 17.0. The van der Waals surface area contributed by atoms with Crippen molar-refractivity contribution in [1.82, 2.24) is 0 Å². The number of ether oxygens (including phenoxy) is 4. The minimum atomic E-state index is -1.80. The van der Waals surface area contributed by atoms with Gasteiger partial charge in [-0.2, -0.15) is 0 Å². The Labute approximate surface area is 264 Å². The highest BCUT2D eigenvalue weighted by Crippen LogP contribution is 2.41. The van der Waals surface area contributed by atoms with Crippen LogP contribution in [-0.4, -0.2) is 83.0 Å². The lowest BCUT2D eigenvalue weighted by molar-refractivity contribution is -0.328. The zero-order valence-corrected chi connectivity index (χ0v) is 28.6. The summed E-state index contributed by atoms with van der Waals surface area (Å²) >= 11 is 0. The van der Waals surface area contributed by atoms with E-state index < -0.39 is 60.2 Å². The van der Waals surface area contributed by atoms with Crippen molar-refractivity contribution in [3.05, 3.63) is 47.3 Å². The van der Waals surface area contributed by atoms with Crippen LogP contribution in [0.15, 0.2) is 47.3 Å². The van der Waals surface area contributed by atoms with Gasteiger partial charge < -0.3 is 39.4 Å². The normalized spacial score (nSPS) is 36.9. The van der Waals surface area contributed by atoms with E-state index in [4.69, 9.17) is 18.9 Å². The topological polar surface area (TPSA) is 135 Å². The van der Waals surface area contributed by atoms with Crippen LogP contribution >= 0.6 is 0 Å². The van der Waals surface area contributed by atoms with Gasteiger partial charge in [0.2, 0.25) is 5.76 Å². The first-order valence-corrected chi connectivity index (χ1v) is 15.9. The monoisotopic (exact) mass is 622 g/mol. The van der Waals surface area contributed by atoms with E-state index in [0.29, 0.717) is 6.42 Å². The molecule has 0 bridgehead atoms. The molecule has 0 saturated carbocycles. The summed E-state index contributed by atoms with van der Waals surface area (Å²) in [4.78, 5) is 13.5. The Balaban J connectivity index is 2.52. The Hall–Kier alpha value is -2.01. The summed E-state index contributed by atoms with van der Waals surface area (Å²) in [6, 6.07) is 0. The fraction of sp³-hybridized carbons (Fsp3) is 0.743. The molecule has 0 aromatic heterocycles. The number of hydrogen-bond acceptors (Lipinski definition) is 9. The fourth-order valence-electron chi connectivity index (χ4n) is 6.54. The van der Waals surface area contributed by atoms with Crippen molar-refractivity contribution >= 4 is 5.97 Å². The van der Waals surface area contributed by atoms with Crippen molar-refractivity contribution in [2.45, 2.75) is 118 Å². The molecule has 0 radical (unpaired) electrons. The first kappa shape index (κ1) is 38.2. The van der Waals surface area contributed by atoms with Gasteiger partial charge in [-0.25, -0.2) is 4.79 Å². The smallest absolute Gasteiger partial charge is 0.373 e. The van der Waals surface area contributed by atoms with Crippen LogP contribution in [0.4, 0.5) is 0 Å². The number of methoxy groups -OCH3 is 2. The number of aliphatic hydroxyl groups is 4. The molecule has 1 saturated heterocycles. The van der Waals surface area contributed by atoms with Gasteiger partial charge in [0.25, 0.3) is 0 Å². The van der Waals surface area contributed by atoms with Gasteiger partial charge in [-0.1, -0.05) is 83.9 Å². The molecular weight excluding hydrogens is 564 g/mol. The van der Waals surface area contributed by atoms with Crippen molar-refractivity contribution in [1.29, 1.82) is 0 Å². The van der Waals surface area contributed by atoms with Crippen molar-refractivity contribution in [3.63, 3.8) is 0 Å². The maximum Gasteiger partial charge on any atom is 0.373 e. The molecule has 2 aliphatic heterocycles. The molecule has 0 spiro atoms. The van der Waals surface area contributed by atoms with Crippen LogP contribution < -0.4 is 0 Å². The molecule has 12 atom stereocenters. The van der Waals surface area contributed by atoms with Crippen molar-refractivity contribution in [2.75, 3.05) is 14.2 Å². The second-order valence-corrected chi connectivity index (χ2v) is 13.6. The number of hydrogen-bond donors (Lipinski definition) is 4. The number of allylic oxidation sites excluding steroid dienone is 5. The van der Waals surface area contributed by atoms with Crippen LogP contribution in [0.3, 0.4) is 0 Å². The van der Waals surface area contributed by atoms with E-state index in [0.717, 1.165) is 11.1 Å². The van der Waals surface area contributed by atoms with Crippen LogP contribution in [-0.2, 0) is 23.7 Å². The van der Waals surface area contributed by atoms with Crippen LogP contribution in [0.2, 0.25) is 0 Å². The Morgan fingerprint density at radius 2 is 1.68 bits per heavy atom. The van der Waals surface area contributed by atoms with Crippen LogP contribution in [0, 0.1) is 35.5 Å². The third-order valence-electron chi connectivity index (χ3n) is 9.50. The predicted octanol–water partition coefficient (Wildman–Crippen LogP) is 4.69. The van der Waals surface area contributed by atoms with Gasteiger partial charge in [0, 0.05) is 37.2 Å². The average molecular weight is 623 g/mol. The molecule has 2 heterocycles. The first-order chi connectivity index (χ1) is 20.5. The summed E-state index contributed by atoms with van der Waals surface area (Å²) in [7, 11) is 2.87. The molecule has 2 aliphatic rings. The SMILES string of the molecule is COC1=CC(C)=CC(C)C(O)C(C)CC(C)=CC=CC(OC)C(C(C)C(O)C(C)[C@@]2(O)CC(O)C(C)C(C(C)C)O2)OC1=O. The summed E-state index contributed by atoms with van der Waals surface area (Å²) < 4.78 is 23.4. The molecule has 44 heavy (non-hydrogen) atoms. The average Bonchev–Trinajstić information content (AvgIpc) is 2.96. The van der Waals surface area contributed by atoms with Gasteiger partial charge in [0.1, 0.15) is 12.2 Å². The Morgan fingerprint density at radius 1 is 1.05 bits per heavy atom. The van der Waals surface area contributed by atoms with Gasteiger partial charge in [0.05, 0.1) is 31.5 Å². The second-order valence-electron chi connectivity index (χ2n) is 13.6. The van der Waals surface area contributed by atoms with E-state index in [1.165, 1.54) is 14.2 Å². The molecule has 11 unspecified atom stereocenters. The van der Waals surface area contributed by atoms with E-state index >= 15 is 0 Å². The highest BCUT2D eigenvalue weighted by atomic mass is 16.6. The minimum absolute atomic E-state index is 0.00492. The zero-order chi connectivity index (χ0) is 33.5. The maximum atomic E-state index is 13.5. The van der Waals surface area contributed by atoms with E-state index in [-0.39, 0.29) is 35.9 Å². The molecule has 1 fully saturated rings. The van der Waals surface area contributed by atoms with Crippen LogP contribution in [0.25, 0.3) is 0 Å². The lowest BCUT2D eigenvalue weighted by Gasteiger charge is -2.49. The van der Waals surface area contributed by atoms with Gasteiger partial charge in [-0.3, -0.25) is 0 Å². The Bertz CT molecular complexity index is 1060. The van der Waals surface area contributed by atoms with Crippen molar-refractivity contribution in [2.24, 2.45) is 35.5 Å². The third kappa shape index (κ3) is 9.50. The molecule has 0 aliphatic carbocycles. The van der Waals surface area contributed by atoms with Gasteiger partial charge in [-0.05, 0) is 38.2 Å². The van der Waals surface area contributed by atoms with Gasteiger partial charge >= 0.3 is 5.97 Å². The summed E-state index contributed by atoms with van der Waals surface area (Å²) in [5.74, 6) is -4.49. The maximum absolute atomic E-state index is 13.5. The molecular formula is C35H58O9. The highest BCUT2D eigenvalue weighted by Gasteiger charge is 2.51. The van der Waals surface area contributed by atoms with Gasteiger partial charge in [0.15, 0.2) is 5.79 Å². The first-order valence-electron chi connectivity index (χ1n) is 15.9. The molecule has 252 valence electrons. The van der Waals surface area contributed by atoms with Crippen molar-refractivity contribution in [3.8, 4) is 0 Å². The summed E-state index contributed by atoms with van der Waals surface area (Å²) in [5.41, 5.74) is 1.78. The van der Waals surface area contributed by atoms with E-state index in [9.17, 15) is 25.2 Å². The van der Waals surface area contributed by atoms with Crippen LogP contribution in [0.1, 0.15) is 75.2 Å². The summed E-state index contributed by atoms with van der Waals surface area (Å²) in [5, 5.41) is 45.0. The largest absolute Gasteiger partial charge is 0.490 e. The lowest BCUT2D eigenvalue weighted by Crippen LogP contribution is -2.59. The molecule has 0 aromatic carbocycles. The molecule has 9 nitrogen and oxygen atoms in total. The fourth-order valence-corrected chi connectivity index (χ4v) is 6.54. The third-order valence-corrected chi connectivity index (χ3v) is 9.50. The Kier molecular flexibility index (Phi) is 14.3. The number of carbonyl (C=O) groups is 1. The molecule has 0 amide bonds. The quantitative estimate of drug-likeness (QED) is 0.298. The number of esters is 1. The van der Waals surface area contributed by atoms with E-state index in [1.807, 2.05) is 66.7 Å². The molecule has 4 N–H and O–H groups in total. The molecule has 0 aromatic rings. The highest BCUT2D eigenvalue weighted by molar-refractivity contribution is 5.87. The minimum Gasteiger partial charge on any atom is -0.490 e. The Morgan fingerprint density at radius 3 is 2.25 bits per heavy atom. The number of cyclic esters (lactones) is 1. The van der Waals surface area contributed by atoms with Gasteiger partial charge in [-0.15, -0.1) is 0 Å². The standard InChI is InChI=1S/C35H58O9/c1-19(2)32-24(7)27(36)18-35(40,44-32)26(9)31(38)25(8)33-28(41-10)14-12-13-20(3)15-22(5)30(37)23(6)16-21(4)17-29(42-11)34(39)43-33/h12-14,16-17,19,22-28,30-33,36-38,40H,15,18H2,1-11H3/t22?,23?,24?,25?,26?,27?,28?,30?,31?,32?,33?,35-/m1/s1. The molecule has 9 heteroatoms. The van der Waals surface area contributed by atoms with Crippen LogP contribution in [0.5, 0.6) is 0 Å². The van der Waals surface area contributed by atoms with E-state index in [1.54, 1.807) is 26.0 Å². The summed E-state index contributed by atoms with van der Waals surface area (Å²) in [6.07, 6.45) is 4.85. The number of aliphatic hydroxyl groups excluding tert-OH is 3. The number of carbonyl (C=O) groups excluding carboxylic acids is 1. The lowest BCUT2D eigenvalue weighted by atomic mass is 9.76. The van der Waals surface area contributed by atoms with E-state index in [2.05, 4.69) is 0 Å². The second kappa shape index (κ2) is 16.5. The molecule has 2 rings (SSSR count). The zero-order valence-electron chi connectivity index (χ0n) is 28.6. The predicted molar refractivity (Wildman–Crippen MR) is 170 cm³/mol. The van der Waals surface area contributed by atoms with Crippen molar-refractivity contribution < 1.29 is 44.2 Å².